The molecule has 0 unspecified atom stereocenters. The zero-order valence-electron chi connectivity index (χ0n) is 23.3. The number of carbonyl (C=O) groups excluding carboxylic acids is 3. The molecular weight excluding hydrogens is 510 g/mol. The summed E-state index contributed by atoms with van der Waals surface area (Å²) in [5, 5.41) is 29.8. The van der Waals surface area contributed by atoms with E-state index in [4.69, 9.17) is 14.2 Å². The van der Waals surface area contributed by atoms with Crippen molar-refractivity contribution < 1.29 is 43.9 Å². The van der Waals surface area contributed by atoms with Gasteiger partial charge in [0.2, 0.25) is 0 Å². The predicted molar refractivity (Wildman–Crippen MR) is 147 cm³/mol. The Hall–Kier alpha value is -3.96. The van der Waals surface area contributed by atoms with Crippen LogP contribution in [0, 0.1) is 0 Å². The number of allylic oxidation sites excluding steroid dienone is 3. The Labute approximate surface area is 228 Å². The SMILES string of the molecule is CCOC(=O)/C(C=NC1CC(N=C/C(C(=O)OCC)=C(\C)O)CC(N=C/C(C(=O)OCC)=C(\C)O)C1)=C(/C)O. The van der Waals surface area contributed by atoms with Crippen LogP contribution < -0.4 is 0 Å². The molecule has 0 saturated heterocycles. The van der Waals surface area contributed by atoms with Gasteiger partial charge < -0.3 is 29.5 Å². The summed E-state index contributed by atoms with van der Waals surface area (Å²) in [6.45, 7) is 9.36. The van der Waals surface area contributed by atoms with E-state index in [1.54, 1.807) is 20.8 Å². The van der Waals surface area contributed by atoms with Gasteiger partial charge in [-0.3, -0.25) is 15.0 Å². The summed E-state index contributed by atoms with van der Waals surface area (Å²) < 4.78 is 14.9. The van der Waals surface area contributed by atoms with E-state index in [2.05, 4.69) is 15.0 Å². The summed E-state index contributed by atoms with van der Waals surface area (Å²) in [5.41, 5.74) is -0.266. The molecule has 3 N–H and O–H groups in total. The van der Waals surface area contributed by atoms with E-state index in [0.717, 1.165) is 0 Å². The first-order chi connectivity index (χ1) is 18.4. The molecule has 0 aromatic rings. The fraction of sp³-hybridized carbons (Fsp3) is 0.556. The van der Waals surface area contributed by atoms with E-state index in [1.165, 1.54) is 39.4 Å². The number of esters is 3. The first-order valence-electron chi connectivity index (χ1n) is 12.7. The van der Waals surface area contributed by atoms with Crippen molar-refractivity contribution in [2.75, 3.05) is 19.8 Å². The van der Waals surface area contributed by atoms with Crippen molar-refractivity contribution in [3.8, 4) is 0 Å². The standard InChI is InChI=1S/C27H39N3O9/c1-7-37-25(34)22(16(4)31)13-28-19-10-20(29-14-23(17(5)32)26(35)38-8-2)12-21(11-19)30-15-24(18(6)33)27(36)39-9-3/h13-15,19-21,31-33H,7-12H2,1-6H3/b22-16-,23-17-,24-18-,28-13?,29-14?,30-15?. The van der Waals surface area contributed by atoms with Crippen LogP contribution in [0.2, 0.25) is 0 Å². The fourth-order valence-corrected chi connectivity index (χ4v) is 3.64. The molecule has 216 valence electrons. The molecule has 1 aliphatic carbocycles. The van der Waals surface area contributed by atoms with E-state index >= 15 is 0 Å². The summed E-state index contributed by atoms with van der Waals surface area (Å²) in [7, 11) is 0. The Morgan fingerprint density at radius 2 is 0.821 bits per heavy atom. The van der Waals surface area contributed by atoms with Crippen LogP contribution in [0.1, 0.15) is 60.8 Å². The van der Waals surface area contributed by atoms with Crippen molar-refractivity contribution in [3.05, 3.63) is 34.0 Å². The third kappa shape index (κ3) is 11.1. The monoisotopic (exact) mass is 549 g/mol. The first kappa shape index (κ1) is 33.1. The number of rotatable bonds is 12. The van der Waals surface area contributed by atoms with Crippen LogP contribution in [0.4, 0.5) is 0 Å². The van der Waals surface area contributed by atoms with Gasteiger partial charge in [-0.25, -0.2) is 14.4 Å². The van der Waals surface area contributed by atoms with Gasteiger partial charge in [0.15, 0.2) is 0 Å². The Kier molecular flexibility index (Phi) is 14.2. The summed E-state index contributed by atoms with van der Waals surface area (Å²) >= 11 is 0. The number of hydrogen-bond acceptors (Lipinski definition) is 12. The minimum Gasteiger partial charge on any atom is -0.512 e. The Morgan fingerprint density at radius 3 is 1.00 bits per heavy atom. The van der Waals surface area contributed by atoms with Gasteiger partial charge in [-0.1, -0.05) is 0 Å². The molecule has 1 aliphatic rings. The second-order valence-corrected chi connectivity index (χ2v) is 8.66. The lowest BCUT2D eigenvalue weighted by Crippen LogP contribution is -2.31. The van der Waals surface area contributed by atoms with Crippen LogP contribution in [0.15, 0.2) is 49.0 Å². The van der Waals surface area contributed by atoms with Crippen LogP contribution in [0.3, 0.4) is 0 Å². The lowest BCUT2D eigenvalue weighted by molar-refractivity contribution is -0.139. The van der Waals surface area contributed by atoms with Crippen molar-refractivity contribution in [2.24, 2.45) is 15.0 Å². The molecule has 0 aliphatic heterocycles. The Balaban J connectivity index is 3.34. The molecule has 0 spiro atoms. The summed E-state index contributed by atoms with van der Waals surface area (Å²) in [4.78, 5) is 49.9. The third-order valence-electron chi connectivity index (χ3n) is 5.53. The number of aliphatic hydroxyl groups excluding tert-OH is 3. The number of aliphatic imine (C=N–C) groups is 3. The molecule has 12 heteroatoms. The highest BCUT2D eigenvalue weighted by Crippen LogP contribution is 2.27. The molecule has 0 radical (unpaired) electrons. The zero-order chi connectivity index (χ0) is 29.5. The quantitative estimate of drug-likeness (QED) is 0.108. The number of aliphatic hydroxyl groups is 3. The fourth-order valence-electron chi connectivity index (χ4n) is 3.64. The minimum absolute atomic E-state index is 0.0885. The normalized spacial score (nSPS) is 21.8. The van der Waals surface area contributed by atoms with Crippen LogP contribution in [-0.2, 0) is 28.6 Å². The largest absolute Gasteiger partial charge is 0.512 e. The van der Waals surface area contributed by atoms with E-state index in [9.17, 15) is 29.7 Å². The van der Waals surface area contributed by atoms with Crippen LogP contribution in [0.5, 0.6) is 0 Å². The molecule has 12 nitrogen and oxygen atoms in total. The highest BCUT2D eigenvalue weighted by molar-refractivity contribution is 6.11. The van der Waals surface area contributed by atoms with E-state index in [0.29, 0.717) is 19.3 Å². The van der Waals surface area contributed by atoms with Gasteiger partial charge in [-0.15, -0.1) is 0 Å². The van der Waals surface area contributed by atoms with E-state index in [-0.39, 0.29) is 53.8 Å². The van der Waals surface area contributed by atoms with Gasteiger partial charge in [0.1, 0.15) is 34.0 Å². The minimum atomic E-state index is -0.716. The number of hydrogen-bond donors (Lipinski definition) is 3. The van der Waals surface area contributed by atoms with Gasteiger partial charge in [0, 0.05) is 18.6 Å². The smallest absolute Gasteiger partial charge is 0.343 e. The zero-order valence-corrected chi connectivity index (χ0v) is 23.3. The maximum absolute atomic E-state index is 12.2. The molecule has 0 bridgehead atoms. The third-order valence-corrected chi connectivity index (χ3v) is 5.53. The maximum Gasteiger partial charge on any atom is 0.343 e. The number of nitrogens with zero attached hydrogens (tertiary/aromatic N) is 3. The topological polar surface area (TPSA) is 177 Å². The first-order valence-corrected chi connectivity index (χ1v) is 12.7. The van der Waals surface area contributed by atoms with Gasteiger partial charge in [0.05, 0.1) is 37.9 Å². The lowest BCUT2D eigenvalue weighted by atomic mass is 9.87. The summed E-state index contributed by atoms with van der Waals surface area (Å²) in [6.07, 6.45) is 4.94. The molecule has 39 heavy (non-hydrogen) atoms. The van der Waals surface area contributed by atoms with E-state index in [1.807, 2.05) is 0 Å². The lowest BCUT2D eigenvalue weighted by Gasteiger charge is -2.29. The van der Waals surface area contributed by atoms with Crippen LogP contribution >= 0.6 is 0 Å². The van der Waals surface area contributed by atoms with Crippen molar-refractivity contribution in [2.45, 2.75) is 78.9 Å². The van der Waals surface area contributed by atoms with E-state index < -0.39 is 36.0 Å². The Morgan fingerprint density at radius 1 is 0.590 bits per heavy atom. The van der Waals surface area contributed by atoms with Gasteiger partial charge >= 0.3 is 17.9 Å². The highest BCUT2D eigenvalue weighted by atomic mass is 16.5. The van der Waals surface area contributed by atoms with Crippen molar-refractivity contribution >= 4 is 36.6 Å². The second-order valence-electron chi connectivity index (χ2n) is 8.66. The van der Waals surface area contributed by atoms with Gasteiger partial charge in [0.25, 0.3) is 0 Å². The molecule has 1 saturated carbocycles. The average molecular weight is 550 g/mol. The molecule has 0 heterocycles. The molecule has 1 rings (SSSR count). The number of carbonyl (C=O) groups is 3. The van der Waals surface area contributed by atoms with Crippen LogP contribution in [-0.4, -0.2) is 89.8 Å². The predicted octanol–water partition coefficient (Wildman–Crippen LogP) is 3.67. The van der Waals surface area contributed by atoms with Gasteiger partial charge in [-0.2, -0.15) is 0 Å². The second kappa shape index (κ2) is 16.8. The molecule has 0 aromatic carbocycles. The van der Waals surface area contributed by atoms with Crippen molar-refractivity contribution in [3.63, 3.8) is 0 Å². The molecule has 0 aromatic heterocycles. The molecule has 0 amide bonds. The summed E-state index contributed by atoms with van der Waals surface area (Å²) in [5.74, 6) is -2.89. The summed E-state index contributed by atoms with van der Waals surface area (Å²) in [6, 6.07) is -1.24. The molecular formula is C27H39N3O9. The highest BCUT2D eigenvalue weighted by Gasteiger charge is 2.29. The maximum atomic E-state index is 12.2. The van der Waals surface area contributed by atoms with Crippen molar-refractivity contribution in [1.29, 1.82) is 0 Å². The molecule has 0 atom stereocenters. The average Bonchev–Trinajstić information content (AvgIpc) is 2.84. The van der Waals surface area contributed by atoms with Crippen molar-refractivity contribution in [1.82, 2.24) is 0 Å². The Bertz CT molecular complexity index is 919. The van der Waals surface area contributed by atoms with Crippen LogP contribution in [0.25, 0.3) is 0 Å². The molecule has 1 fully saturated rings. The number of ether oxygens (including phenoxy) is 3. The van der Waals surface area contributed by atoms with Gasteiger partial charge in [-0.05, 0) is 60.8 Å².